The zero-order chi connectivity index (χ0) is 21.5. The zero-order valence-electron chi connectivity index (χ0n) is 17.5. The van der Waals surface area contributed by atoms with Crippen LogP contribution < -0.4 is 10.1 Å². The number of aromatic amines is 1. The highest BCUT2D eigenvalue weighted by molar-refractivity contribution is 5.82. The van der Waals surface area contributed by atoms with Gasteiger partial charge in [0.25, 0.3) is 0 Å². The third kappa shape index (κ3) is 5.36. The predicted molar refractivity (Wildman–Crippen MR) is 119 cm³/mol. The number of hydrogen-bond acceptors (Lipinski definition) is 7. The lowest BCUT2D eigenvalue weighted by molar-refractivity contribution is -0.152. The molecule has 2 heterocycles. The second-order valence-corrected chi connectivity index (χ2v) is 6.74. The van der Waals surface area contributed by atoms with E-state index in [0.29, 0.717) is 37.2 Å². The summed E-state index contributed by atoms with van der Waals surface area (Å²) in [6, 6.07) is 15.5. The monoisotopic (exact) mass is 419 g/mol. The molecule has 0 aliphatic heterocycles. The third-order valence-corrected chi connectivity index (χ3v) is 4.55. The Morgan fingerprint density at radius 1 is 1.03 bits per heavy atom. The van der Waals surface area contributed by atoms with Gasteiger partial charge in [0.2, 0.25) is 0 Å². The van der Waals surface area contributed by atoms with Crippen molar-refractivity contribution in [3.05, 3.63) is 60.9 Å². The maximum Gasteiger partial charge on any atom is 0.191 e. The Hall–Kier alpha value is -3.49. The quantitative estimate of drug-likeness (QED) is 0.364. The molecule has 8 nitrogen and oxygen atoms in total. The third-order valence-electron chi connectivity index (χ3n) is 4.55. The SMILES string of the molecule is CCOC(COc1cccc(-c2nccc(Nc3ccc4[nH]ncc4c3)n2)c1)OCC. The Morgan fingerprint density at radius 3 is 2.74 bits per heavy atom. The Morgan fingerprint density at radius 2 is 1.90 bits per heavy atom. The summed E-state index contributed by atoms with van der Waals surface area (Å²) >= 11 is 0. The van der Waals surface area contributed by atoms with Crippen molar-refractivity contribution in [1.29, 1.82) is 0 Å². The smallest absolute Gasteiger partial charge is 0.191 e. The highest BCUT2D eigenvalue weighted by Gasteiger charge is 2.10. The minimum atomic E-state index is -0.394. The first-order valence-corrected chi connectivity index (χ1v) is 10.2. The molecular weight excluding hydrogens is 394 g/mol. The molecular formula is C23H25N5O3. The molecule has 0 aliphatic rings. The van der Waals surface area contributed by atoms with Crippen molar-refractivity contribution < 1.29 is 14.2 Å². The molecule has 31 heavy (non-hydrogen) atoms. The molecule has 0 saturated heterocycles. The molecule has 0 fully saturated rings. The molecule has 0 saturated carbocycles. The van der Waals surface area contributed by atoms with Crippen LogP contribution in [0.5, 0.6) is 5.75 Å². The number of nitrogens with one attached hydrogen (secondary N) is 2. The largest absolute Gasteiger partial charge is 0.488 e. The van der Waals surface area contributed by atoms with Gasteiger partial charge >= 0.3 is 0 Å². The molecule has 160 valence electrons. The van der Waals surface area contributed by atoms with Crippen molar-refractivity contribution in [1.82, 2.24) is 20.2 Å². The van der Waals surface area contributed by atoms with E-state index in [-0.39, 0.29) is 0 Å². The number of H-pyrrole nitrogens is 1. The molecule has 2 aromatic carbocycles. The van der Waals surface area contributed by atoms with Crippen LogP contribution in [0.4, 0.5) is 11.5 Å². The van der Waals surface area contributed by atoms with Crippen LogP contribution in [0.3, 0.4) is 0 Å². The normalized spacial score (nSPS) is 11.2. The van der Waals surface area contributed by atoms with Crippen LogP contribution >= 0.6 is 0 Å². The number of hydrogen-bond donors (Lipinski definition) is 2. The average molecular weight is 419 g/mol. The van der Waals surface area contributed by atoms with Gasteiger partial charge in [0.05, 0.1) is 11.7 Å². The summed E-state index contributed by atoms with van der Waals surface area (Å²) < 4.78 is 16.9. The van der Waals surface area contributed by atoms with Crippen molar-refractivity contribution in [3.8, 4) is 17.1 Å². The van der Waals surface area contributed by atoms with Crippen LogP contribution in [-0.4, -0.2) is 46.3 Å². The molecule has 4 rings (SSSR count). The first-order chi connectivity index (χ1) is 15.2. The first kappa shape index (κ1) is 20.8. The Labute approximate surface area is 180 Å². The van der Waals surface area contributed by atoms with Gasteiger partial charge in [-0.05, 0) is 50.2 Å². The molecule has 2 aromatic heterocycles. The van der Waals surface area contributed by atoms with Gasteiger partial charge in [-0.2, -0.15) is 5.10 Å². The second kappa shape index (κ2) is 10.0. The van der Waals surface area contributed by atoms with Crippen LogP contribution in [-0.2, 0) is 9.47 Å². The van der Waals surface area contributed by atoms with Gasteiger partial charge in [-0.25, -0.2) is 9.97 Å². The summed E-state index contributed by atoms with van der Waals surface area (Å²) in [5.41, 5.74) is 2.77. The molecule has 8 heteroatoms. The number of anilines is 2. The van der Waals surface area contributed by atoms with Gasteiger partial charge in [-0.3, -0.25) is 5.10 Å². The van der Waals surface area contributed by atoms with Gasteiger partial charge < -0.3 is 19.5 Å². The summed E-state index contributed by atoms with van der Waals surface area (Å²) in [7, 11) is 0. The minimum Gasteiger partial charge on any atom is -0.488 e. The summed E-state index contributed by atoms with van der Waals surface area (Å²) in [5, 5.41) is 11.3. The van der Waals surface area contributed by atoms with E-state index in [9.17, 15) is 0 Å². The lowest BCUT2D eigenvalue weighted by Gasteiger charge is -2.17. The molecule has 2 N–H and O–H groups in total. The van der Waals surface area contributed by atoms with Crippen LogP contribution in [0.15, 0.2) is 60.9 Å². The van der Waals surface area contributed by atoms with Crippen LogP contribution in [0.2, 0.25) is 0 Å². The number of benzene rings is 2. The van der Waals surface area contributed by atoms with E-state index in [4.69, 9.17) is 14.2 Å². The molecule has 0 radical (unpaired) electrons. The van der Waals surface area contributed by atoms with E-state index in [0.717, 1.165) is 22.2 Å². The summed E-state index contributed by atoms with van der Waals surface area (Å²) in [4.78, 5) is 9.07. The highest BCUT2D eigenvalue weighted by Crippen LogP contribution is 2.24. The van der Waals surface area contributed by atoms with Crippen LogP contribution in [0, 0.1) is 0 Å². The maximum absolute atomic E-state index is 5.86. The summed E-state index contributed by atoms with van der Waals surface area (Å²) in [5.74, 6) is 2.01. The van der Waals surface area contributed by atoms with Crippen molar-refractivity contribution in [3.63, 3.8) is 0 Å². The van der Waals surface area contributed by atoms with E-state index in [1.54, 1.807) is 12.4 Å². The van der Waals surface area contributed by atoms with Crippen LogP contribution in [0.25, 0.3) is 22.3 Å². The van der Waals surface area contributed by atoms with E-state index < -0.39 is 6.29 Å². The maximum atomic E-state index is 5.86. The second-order valence-electron chi connectivity index (χ2n) is 6.74. The zero-order valence-corrected chi connectivity index (χ0v) is 17.5. The first-order valence-electron chi connectivity index (χ1n) is 10.2. The number of nitrogens with zero attached hydrogens (tertiary/aromatic N) is 3. The standard InChI is InChI=1S/C23H25N5O3/c1-3-29-22(30-4-2)15-31-19-7-5-6-16(13-19)23-24-11-10-21(27-23)26-18-8-9-20-17(12-18)14-25-28-20/h5-14,22H,3-4,15H2,1-2H3,(H,25,28)(H,24,26,27). The fourth-order valence-corrected chi connectivity index (χ4v) is 3.14. The van der Waals surface area contributed by atoms with Crippen molar-refractivity contribution >= 4 is 22.4 Å². The van der Waals surface area contributed by atoms with E-state index in [2.05, 4.69) is 25.5 Å². The Balaban J connectivity index is 1.47. The summed E-state index contributed by atoms with van der Waals surface area (Å²) in [6.07, 6.45) is 3.13. The lowest BCUT2D eigenvalue weighted by Crippen LogP contribution is -2.25. The van der Waals surface area contributed by atoms with Crippen molar-refractivity contribution in [2.45, 2.75) is 20.1 Å². The van der Waals surface area contributed by atoms with Crippen molar-refractivity contribution in [2.24, 2.45) is 0 Å². The lowest BCUT2D eigenvalue weighted by atomic mass is 10.2. The average Bonchev–Trinajstić information content (AvgIpc) is 3.26. The molecule has 0 aliphatic carbocycles. The van der Waals surface area contributed by atoms with Crippen molar-refractivity contribution in [2.75, 3.05) is 25.1 Å². The van der Waals surface area contributed by atoms with E-state index in [1.807, 2.05) is 62.4 Å². The van der Waals surface area contributed by atoms with Gasteiger partial charge in [-0.15, -0.1) is 0 Å². The molecule has 4 aromatic rings. The van der Waals surface area contributed by atoms with Gasteiger partial charge in [-0.1, -0.05) is 12.1 Å². The molecule has 0 amide bonds. The molecule has 0 bridgehead atoms. The predicted octanol–water partition coefficient (Wildman–Crippen LogP) is 4.54. The number of ether oxygens (including phenoxy) is 3. The Bertz CT molecular complexity index is 1120. The van der Waals surface area contributed by atoms with Crippen LogP contribution in [0.1, 0.15) is 13.8 Å². The highest BCUT2D eigenvalue weighted by atomic mass is 16.7. The molecule has 0 spiro atoms. The van der Waals surface area contributed by atoms with Gasteiger partial charge in [0.15, 0.2) is 12.1 Å². The van der Waals surface area contributed by atoms with Gasteiger partial charge in [0, 0.05) is 36.0 Å². The number of aromatic nitrogens is 4. The van der Waals surface area contributed by atoms with E-state index >= 15 is 0 Å². The molecule has 0 unspecified atom stereocenters. The fourth-order valence-electron chi connectivity index (χ4n) is 3.14. The topological polar surface area (TPSA) is 94.2 Å². The van der Waals surface area contributed by atoms with E-state index in [1.165, 1.54) is 0 Å². The number of fused-ring (bicyclic) bond motifs is 1. The minimum absolute atomic E-state index is 0.310. The number of rotatable bonds is 10. The molecule has 0 atom stereocenters. The Kier molecular flexibility index (Phi) is 6.71. The van der Waals surface area contributed by atoms with Gasteiger partial charge in [0.1, 0.15) is 18.2 Å². The summed E-state index contributed by atoms with van der Waals surface area (Å²) in [6.45, 7) is 5.30. The fraction of sp³-hybridized carbons (Fsp3) is 0.261.